The van der Waals surface area contributed by atoms with Crippen molar-refractivity contribution < 1.29 is 20.1 Å². The number of methoxy groups -OCH3 is 1. The summed E-state index contributed by atoms with van der Waals surface area (Å²) in [7, 11) is 1.44. The first kappa shape index (κ1) is 16.2. The molecule has 0 radical (unpaired) electrons. The lowest BCUT2D eigenvalue weighted by molar-refractivity contribution is 0.350. The predicted octanol–water partition coefficient (Wildman–Crippen LogP) is 3.88. The Hall–Kier alpha value is -1.88. The Balaban J connectivity index is 0.000000204. The second-order valence-corrected chi connectivity index (χ2v) is 5.14. The summed E-state index contributed by atoms with van der Waals surface area (Å²) in [5.74, 6) is 0.225. The van der Waals surface area contributed by atoms with Gasteiger partial charge in [0.2, 0.25) is 5.75 Å². The Labute approximate surface area is 126 Å². The normalized spacial score (nSPS) is 9.60. The number of hydrogen-bond donors (Lipinski definition) is 3. The Morgan fingerprint density at radius 3 is 2.05 bits per heavy atom. The van der Waals surface area contributed by atoms with E-state index in [9.17, 15) is 0 Å². The van der Waals surface area contributed by atoms with E-state index in [0.29, 0.717) is 11.5 Å². The zero-order valence-corrected chi connectivity index (χ0v) is 13.1. The summed E-state index contributed by atoms with van der Waals surface area (Å²) in [5, 5.41) is 27.2. The van der Waals surface area contributed by atoms with Crippen LogP contribution in [-0.2, 0) is 0 Å². The maximum absolute atomic E-state index is 9.15. The fourth-order valence-electron chi connectivity index (χ4n) is 1.49. The molecule has 3 N–H and O–H groups in total. The highest BCUT2D eigenvalue weighted by molar-refractivity contribution is 9.10. The van der Waals surface area contributed by atoms with Crippen LogP contribution in [0.5, 0.6) is 23.0 Å². The second-order valence-electron chi connectivity index (χ2n) is 4.29. The molecule has 2 aromatic rings. The molecule has 0 fully saturated rings. The van der Waals surface area contributed by atoms with E-state index in [1.807, 2.05) is 26.0 Å². The zero-order valence-electron chi connectivity index (χ0n) is 11.5. The van der Waals surface area contributed by atoms with Gasteiger partial charge in [0.1, 0.15) is 5.75 Å². The van der Waals surface area contributed by atoms with Gasteiger partial charge in [-0.3, -0.25) is 0 Å². The molecule has 0 aromatic heterocycles. The number of phenolic OH excluding ortho intramolecular Hbond substituents is 3. The second kappa shape index (κ2) is 7.05. The topological polar surface area (TPSA) is 69.9 Å². The van der Waals surface area contributed by atoms with Gasteiger partial charge in [0.15, 0.2) is 11.5 Å². The average Bonchev–Trinajstić information content (AvgIpc) is 2.39. The number of benzene rings is 2. The van der Waals surface area contributed by atoms with E-state index < -0.39 is 0 Å². The van der Waals surface area contributed by atoms with E-state index in [2.05, 4.69) is 15.9 Å². The molecule has 2 rings (SSSR count). The molecule has 108 valence electrons. The van der Waals surface area contributed by atoms with E-state index in [0.717, 1.165) is 15.6 Å². The van der Waals surface area contributed by atoms with Crippen molar-refractivity contribution in [3.63, 3.8) is 0 Å². The van der Waals surface area contributed by atoms with Crippen molar-refractivity contribution in [1.82, 2.24) is 0 Å². The van der Waals surface area contributed by atoms with Crippen molar-refractivity contribution in [2.45, 2.75) is 13.8 Å². The molecule has 0 saturated carbocycles. The average molecular weight is 341 g/mol. The van der Waals surface area contributed by atoms with E-state index in [1.165, 1.54) is 13.2 Å². The lowest BCUT2D eigenvalue weighted by Gasteiger charge is -2.05. The van der Waals surface area contributed by atoms with E-state index in [-0.39, 0.29) is 11.5 Å². The summed E-state index contributed by atoms with van der Waals surface area (Å²) in [6.45, 7) is 3.78. The van der Waals surface area contributed by atoms with Crippen molar-refractivity contribution in [2.24, 2.45) is 0 Å². The number of rotatable bonds is 1. The molecule has 0 unspecified atom stereocenters. The summed E-state index contributed by atoms with van der Waals surface area (Å²) in [5.41, 5.74) is 1.98. The van der Waals surface area contributed by atoms with Crippen molar-refractivity contribution in [3.8, 4) is 23.0 Å². The quantitative estimate of drug-likeness (QED) is 0.689. The minimum atomic E-state index is -0.210. The summed E-state index contributed by atoms with van der Waals surface area (Å²) in [6, 6.07) is 8.52. The van der Waals surface area contributed by atoms with Crippen LogP contribution in [0, 0.1) is 13.8 Å². The van der Waals surface area contributed by atoms with Gasteiger partial charge in [-0.2, -0.15) is 0 Å². The number of halogens is 1. The van der Waals surface area contributed by atoms with E-state index >= 15 is 0 Å². The lowest BCUT2D eigenvalue weighted by Crippen LogP contribution is -1.84. The Morgan fingerprint density at radius 1 is 0.900 bits per heavy atom. The molecule has 0 atom stereocenters. The van der Waals surface area contributed by atoms with Gasteiger partial charge >= 0.3 is 0 Å². The van der Waals surface area contributed by atoms with Crippen LogP contribution in [-0.4, -0.2) is 22.4 Å². The number of aromatic hydroxyl groups is 3. The van der Waals surface area contributed by atoms with E-state index in [1.54, 1.807) is 12.1 Å². The summed E-state index contributed by atoms with van der Waals surface area (Å²) >= 11 is 3.20. The van der Waals surface area contributed by atoms with Crippen molar-refractivity contribution in [3.05, 3.63) is 45.9 Å². The molecular weight excluding hydrogens is 324 g/mol. The third kappa shape index (κ3) is 4.35. The van der Waals surface area contributed by atoms with Gasteiger partial charge in [-0.05, 0) is 65.2 Å². The zero-order chi connectivity index (χ0) is 15.3. The first-order valence-electron chi connectivity index (χ1n) is 5.86. The van der Waals surface area contributed by atoms with Crippen molar-refractivity contribution in [1.29, 1.82) is 0 Å². The number of phenols is 3. The van der Waals surface area contributed by atoms with Gasteiger partial charge in [-0.15, -0.1) is 0 Å². The van der Waals surface area contributed by atoms with E-state index in [4.69, 9.17) is 20.1 Å². The maximum Gasteiger partial charge on any atom is 0.200 e. The highest BCUT2D eigenvalue weighted by Crippen LogP contribution is 2.35. The SMILES string of the molecule is COc1cc(C)cc(O)c1O.Cc1ccc(O)c(Br)c1. The van der Waals surface area contributed by atoms with Gasteiger partial charge in [-0.25, -0.2) is 0 Å². The molecule has 0 amide bonds. The number of aryl methyl sites for hydroxylation is 2. The third-order valence-corrected chi connectivity index (χ3v) is 3.16. The van der Waals surface area contributed by atoms with Gasteiger partial charge in [0.25, 0.3) is 0 Å². The van der Waals surface area contributed by atoms with Crippen molar-refractivity contribution >= 4 is 15.9 Å². The Kier molecular flexibility index (Phi) is 5.70. The minimum Gasteiger partial charge on any atom is -0.507 e. The summed E-state index contributed by atoms with van der Waals surface area (Å²) in [6.07, 6.45) is 0. The molecule has 4 nitrogen and oxygen atoms in total. The van der Waals surface area contributed by atoms with Gasteiger partial charge < -0.3 is 20.1 Å². The predicted molar refractivity (Wildman–Crippen MR) is 81.6 cm³/mol. The van der Waals surface area contributed by atoms with Crippen LogP contribution < -0.4 is 4.74 Å². The van der Waals surface area contributed by atoms with Crippen LogP contribution in [0.2, 0.25) is 0 Å². The Bertz CT molecular complexity index is 597. The molecule has 0 spiro atoms. The van der Waals surface area contributed by atoms with Crippen LogP contribution >= 0.6 is 15.9 Å². The summed E-state index contributed by atoms with van der Waals surface area (Å²) in [4.78, 5) is 0. The molecule has 0 bridgehead atoms. The summed E-state index contributed by atoms with van der Waals surface area (Å²) < 4.78 is 5.55. The first-order chi connectivity index (χ1) is 9.35. The van der Waals surface area contributed by atoms with Crippen LogP contribution in [0.25, 0.3) is 0 Å². The standard InChI is InChI=1S/C8H10O3.C7H7BrO/c1-5-3-6(9)8(10)7(4-5)11-2;1-5-2-3-7(9)6(8)4-5/h3-4,9-10H,1-2H3;2-4,9H,1H3. The fraction of sp³-hybridized carbons (Fsp3) is 0.200. The lowest BCUT2D eigenvalue weighted by atomic mass is 10.2. The maximum atomic E-state index is 9.15. The highest BCUT2D eigenvalue weighted by Gasteiger charge is 2.06. The Morgan fingerprint density at radius 2 is 1.55 bits per heavy atom. The molecule has 0 saturated heterocycles. The molecule has 0 aliphatic carbocycles. The molecule has 0 heterocycles. The van der Waals surface area contributed by atoms with Gasteiger partial charge in [-0.1, -0.05) is 6.07 Å². The molecule has 0 aliphatic heterocycles. The number of ether oxygens (including phenoxy) is 1. The molecule has 2 aromatic carbocycles. The smallest absolute Gasteiger partial charge is 0.200 e. The first-order valence-corrected chi connectivity index (χ1v) is 6.66. The molecular formula is C15H17BrO4. The largest absolute Gasteiger partial charge is 0.507 e. The molecule has 20 heavy (non-hydrogen) atoms. The third-order valence-electron chi connectivity index (χ3n) is 2.52. The molecule has 5 heteroatoms. The minimum absolute atomic E-state index is 0.151. The van der Waals surface area contributed by atoms with Crippen LogP contribution in [0.1, 0.15) is 11.1 Å². The van der Waals surface area contributed by atoms with Crippen LogP contribution in [0.4, 0.5) is 0 Å². The van der Waals surface area contributed by atoms with Crippen molar-refractivity contribution in [2.75, 3.05) is 7.11 Å². The van der Waals surface area contributed by atoms with Gasteiger partial charge in [0, 0.05) is 0 Å². The highest BCUT2D eigenvalue weighted by atomic mass is 79.9. The van der Waals surface area contributed by atoms with Gasteiger partial charge in [0.05, 0.1) is 11.6 Å². The molecule has 0 aliphatic rings. The monoisotopic (exact) mass is 340 g/mol. The fourth-order valence-corrected chi connectivity index (χ4v) is 1.99. The van der Waals surface area contributed by atoms with Crippen LogP contribution in [0.15, 0.2) is 34.8 Å². The number of hydrogen-bond acceptors (Lipinski definition) is 4. The van der Waals surface area contributed by atoms with Crippen LogP contribution in [0.3, 0.4) is 0 Å².